The van der Waals surface area contributed by atoms with Crippen molar-refractivity contribution in [2.45, 2.75) is 19.4 Å². The Labute approximate surface area is 120 Å². The van der Waals surface area contributed by atoms with E-state index in [9.17, 15) is 13.5 Å². The number of hydrogen-bond donors (Lipinski definition) is 1. The summed E-state index contributed by atoms with van der Waals surface area (Å²) in [6.07, 6.45) is 1.44. The van der Waals surface area contributed by atoms with Crippen molar-refractivity contribution in [1.82, 2.24) is 4.31 Å². The largest absolute Gasteiger partial charge is 0.388 e. The zero-order chi connectivity index (χ0) is 14.8. The lowest BCUT2D eigenvalue weighted by atomic mass is 10.0. The molecule has 0 saturated carbocycles. The number of aliphatic hydroxyl groups excluding tert-OH is 1. The zero-order valence-corrected chi connectivity index (χ0v) is 12.8. The van der Waals surface area contributed by atoms with Gasteiger partial charge in [0.25, 0.3) is 0 Å². The number of benzene rings is 1. The minimum Gasteiger partial charge on any atom is -0.388 e. The maximum Gasteiger partial charge on any atom is 0.211 e. The van der Waals surface area contributed by atoms with Gasteiger partial charge >= 0.3 is 0 Å². The molecule has 112 valence electrons. The van der Waals surface area contributed by atoms with Gasteiger partial charge in [0.15, 0.2) is 0 Å². The van der Waals surface area contributed by atoms with Crippen molar-refractivity contribution in [3.05, 3.63) is 29.8 Å². The van der Waals surface area contributed by atoms with E-state index < -0.39 is 16.1 Å². The zero-order valence-electron chi connectivity index (χ0n) is 12.0. The van der Waals surface area contributed by atoms with Gasteiger partial charge in [0.05, 0.1) is 12.4 Å². The van der Waals surface area contributed by atoms with Crippen LogP contribution in [0.2, 0.25) is 0 Å². The summed E-state index contributed by atoms with van der Waals surface area (Å²) in [6, 6.07) is 7.80. The highest BCUT2D eigenvalue weighted by Crippen LogP contribution is 2.29. The first-order valence-corrected chi connectivity index (χ1v) is 8.75. The average Bonchev–Trinajstić information content (AvgIpc) is 2.45. The molecule has 1 aliphatic heterocycles. The van der Waals surface area contributed by atoms with Gasteiger partial charge in [0.1, 0.15) is 0 Å². The van der Waals surface area contributed by atoms with Crippen molar-refractivity contribution in [2.75, 3.05) is 37.3 Å². The number of nitrogens with zero attached hydrogens (tertiary/aromatic N) is 2. The summed E-state index contributed by atoms with van der Waals surface area (Å²) in [5.74, 6) is 0. The molecule has 1 unspecified atom stereocenters. The standard InChI is InChI=1S/C14H22N2O3S/c1-3-14(17)12-6-4-5-7-13(12)15-8-10-16(11-9-15)20(2,18)19/h4-7,14,17H,3,8-11H2,1-2H3. The molecule has 0 bridgehead atoms. The van der Waals surface area contributed by atoms with Crippen LogP contribution in [0.4, 0.5) is 5.69 Å². The first-order chi connectivity index (χ1) is 9.43. The van der Waals surface area contributed by atoms with E-state index >= 15 is 0 Å². The number of piperazine rings is 1. The van der Waals surface area contributed by atoms with Crippen LogP contribution >= 0.6 is 0 Å². The predicted octanol–water partition coefficient (Wildman–Crippen LogP) is 1.21. The second kappa shape index (κ2) is 6.11. The molecule has 1 aromatic carbocycles. The fourth-order valence-electron chi connectivity index (χ4n) is 2.54. The lowest BCUT2D eigenvalue weighted by molar-refractivity contribution is 0.174. The van der Waals surface area contributed by atoms with E-state index in [0.29, 0.717) is 32.6 Å². The first-order valence-electron chi connectivity index (χ1n) is 6.90. The Balaban J connectivity index is 2.15. The summed E-state index contributed by atoms with van der Waals surface area (Å²) in [5, 5.41) is 10.1. The lowest BCUT2D eigenvalue weighted by Gasteiger charge is -2.36. The Bertz CT molecular complexity index is 551. The second-order valence-corrected chi connectivity index (χ2v) is 7.11. The molecular formula is C14H22N2O3S. The van der Waals surface area contributed by atoms with Crippen molar-refractivity contribution < 1.29 is 13.5 Å². The van der Waals surface area contributed by atoms with E-state index in [1.54, 1.807) is 0 Å². The van der Waals surface area contributed by atoms with Gasteiger partial charge in [-0.25, -0.2) is 8.42 Å². The normalized spacial score (nSPS) is 19.1. The van der Waals surface area contributed by atoms with Gasteiger partial charge in [-0.2, -0.15) is 4.31 Å². The Morgan fingerprint density at radius 2 is 1.80 bits per heavy atom. The van der Waals surface area contributed by atoms with Gasteiger partial charge in [-0.15, -0.1) is 0 Å². The lowest BCUT2D eigenvalue weighted by Crippen LogP contribution is -2.48. The molecule has 1 N–H and O–H groups in total. The maximum absolute atomic E-state index is 11.5. The number of hydrogen-bond acceptors (Lipinski definition) is 4. The molecule has 0 radical (unpaired) electrons. The SMILES string of the molecule is CCC(O)c1ccccc1N1CCN(S(C)(=O)=O)CC1. The topological polar surface area (TPSA) is 60.9 Å². The van der Waals surface area contributed by atoms with E-state index in [2.05, 4.69) is 4.90 Å². The molecule has 1 heterocycles. The monoisotopic (exact) mass is 298 g/mol. The molecule has 1 aromatic rings. The quantitative estimate of drug-likeness (QED) is 0.908. The number of aliphatic hydroxyl groups is 1. The van der Waals surface area contributed by atoms with Gasteiger partial charge in [-0.1, -0.05) is 25.1 Å². The molecule has 1 fully saturated rings. The minimum atomic E-state index is -3.11. The molecule has 1 atom stereocenters. The highest BCUT2D eigenvalue weighted by atomic mass is 32.2. The fourth-order valence-corrected chi connectivity index (χ4v) is 3.36. The van der Waals surface area contributed by atoms with Crippen LogP contribution in [-0.2, 0) is 10.0 Å². The van der Waals surface area contributed by atoms with E-state index in [4.69, 9.17) is 0 Å². The number of sulfonamides is 1. The van der Waals surface area contributed by atoms with Crippen LogP contribution in [0, 0.1) is 0 Å². The smallest absolute Gasteiger partial charge is 0.211 e. The molecular weight excluding hydrogens is 276 g/mol. The van der Waals surface area contributed by atoms with Crippen LogP contribution in [-0.4, -0.2) is 50.3 Å². The van der Waals surface area contributed by atoms with Crippen LogP contribution in [0.25, 0.3) is 0 Å². The first kappa shape index (κ1) is 15.3. The Kier molecular flexibility index (Phi) is 4.67. The van der Waals surface area contributed by atoms with Crippen molar-refractivity contribution in [2.24, 2.45) is 0 Å². The Hall–Kier alpha value is -1.11. The number of para-hydroxylation sites is 1. The summed E-state index contributed by atoms with van der Waals surface area (Å²) in [6.45, 7) is 4.24. The van der Waals surface area contributed by atoms with Crippen LogP contribution in [0.15, 0.2) is 24.3 Å². The van der Waals surface area contributed by atoms with Crippen LogP contribution in [0.3, 0.4) is 0 Å². The summed E-state index contributed by atoms with van der Waals surface area (Å²) < 4.78 is 24.5. The van der Waals surface area contributed by atoms with Gasteiger partial charge in [-0.3, -0.25) is 0 Å². The third kappa shape index (κ3) is 3.31. The van der Waals surface area contributed by atoms with Crippen LogP contribution in [0.5, 0.6) is 0 Å². The molecule has 0 aromatic heterocycles. The summed E-state index contributed by atoms with van der Waals surface area (Å²) >= 11 is 0. The van der Waals surface area contributed by atoms with Crippen molar-refractivity contribution in [3.8, 4) is 0 Å². The molecule has 0 aliphatic carbocycles. The van der Waals surface area contributed by atoms with Crippen LogP contribution in [0.1, 0.15) is 25.0 Å². The molecule has 6 heteroatoms. The fraction of sp³-hybridized carbons (Fsp3) is 0.571. The van der Waals surface area contributed by atoms with Crippen molar-refractivity contribution in [3.63, 3.8) is 0 Å². The molecule has 20 heavy (non-hydrogen) atoms. The molecule has 2 rings (SSSR count). The van der Waals surface area contributed by atoms with E-state index in [1.807, 2.05) is 31.2 Å². The maximum atomic E-state index is 11.5. The third-order valence-corrected chi connectivity index (χ3v) is 5.03. The van der Waals surface area contributed by atoms with Crippen molar-refractivity contribution in [1.29, 1.82) is 0 Å². The van der Waals surface area contributed by atoms with E-state index in [-0.39, 0.29) is 0 Å². The predicted molar refractivity (Wildman–Crippen MR) is 80.3 cm³/mol. The third-order valence-electron chi connectivity index (χ3n) is 3.73. The average molecular weight is 298 g/mol. The van der Waals surface area contributed by atoms with Gasteiger partial charge < -0.3 is 10.0 Å². The molecule has 0 amide bonds. The second-order valence-electron chi connectivity index (χ2n) is 5.13. The number of anilines is 1. The minimum absolute atomic E-state index is 0.473. The summed E-state index contributed by atoms with van der Waals surface area (Å²) in [7, 11) is -3.11. The highest BCUT2D eigenvalue weighted by molar-refractivity contribution is 7.88. The summed E-state index contributed by atoms with van der Waals surface area (Å²) in [4.78, 5) is 2.15. The van der Waals surface area contributed by atoms with E-state index in [1.165, 1.54) is 10.6 Å². The van der Waals surface area contributed by atoms with E-state index in [0.717, 1.165) is 11.3 Å². The molecule has 0 spiro atoms. The van der Waals surface area contributed by atoms with Gasteiger partial charge in [0, 0.05) is 37.4 Å². The Morgan fingerprint density at radius 3 is 2.35 bits per heavy atom. The molecule has 1 aliphatic rings. The number of rotatable bonds is 4. The van der Waals surface area contributed by atoms with Crippen LogP contribution < -0.4 is 4.90 Å². The van der Waals surface area contributed by atoms with Gasteiger partial charge in [0.2, 0.25) is 10.0 Å². The molecule has 5 nitrogen and oxygen atoms in total. The molecule has 1 saturated heterocycles. The Morgan fingerprint density at radius 1 is 1.20 bits per heavy atom. The van der Waals surface area contributed by atoms with Gasteiger partial charge in [-0.05, 0) is 12.5 Å². The highest BCUT2D eigenvalue weighted by Gasteiger charge is 2.25. The summed E-state index contributed by atoms with van der Waals surface area (Å²) in [5.41, 5.74) is 1.93. The van der Waals surface area contributed by atoms with Crippen molar-refractivity contribution >= 4 is 15.7 Å².